The molecule has 13 heavy (non-hydrogen) atoms. The quantitative estimate of drug-likeness (QED) is 0.503. The predicted octanol–water partition coefficient (Wildman–Crippen LogP) is 0.237. The lowest BCUT2D eigenvalue weighted by Crippen LogP contribution is -2.21. The van der Waals surface area contributed by atoms with Crippen molar-refractivity contribution in [2.45, 2.75) is 19.4 Å². The monoisotopic (exact) mass is 209 g/mol. The van der Waals surface area contributed by atoms with Gasteiger partial charge in [-0.15, -0.1) is 12.4 Å². The van der Waals surface area contributed by atoms with E-state index in [1.165, 1.54) is 0 Å². The number of hydrogen-bond acceptors (Lipinski definition) is 4. The lowest BCUT2D eigenvalue weighted by molar-refractivity contribution is -0.141. The Balaban J connectivity index is 0. The van der Waals surface area contributed by atoms with Crippen LogP contribution in [0.25, 0.3) is 0 Å². The summed E-state index contributed by atoms with van der Waals surface area (Å²) in [6.07, 6.45) is -0.234. The van der Waals surface area contributed by atoms with Crippen LogP contribution in [0.15, 0.2) is 12.2 Å². The molecule has 0 aromatic heterocycles. The zero-order chi connectivity index (χ0) is 9.56. The van der Waals surface area contributed by atoms with Gasteiger partial charge in [-0.3, -0.25) is 0 Å². The number of rotatable bonds is 5. The molecule has 0 heterocycles. The molecule has 0 bridgehead atoms. The number of hydrogen-bond donors (Lipinski definition) is 2. The van der Waals surface area contributed by atoms with Crippen molar-refractivity contribution in [3.05, 3.63) is 12.2 Å². The fraction of sp³-hybridized carbons (Fsp3) is 0.625. The van der Waals surface area contributed by atoms with E-state index in [2.05, 4.69) is 11.3 Å². The van der Waals surface area contributed by atoms with Crippen LogP contribution in [0.3, 0.4) is 0 Å². The summed E-state index contributed by atoms with van der Waals surface area (Å²) in [5, 5.41) is 9.09. The number of esters is 1. The average molecular weight is 210 g/mol. The average Bonchev–Trinajstić information content (AvgIpc) is 2.00. The third-order valence-electron chi connectivity index (χ3n) is 1.26. The van der Waals surface area contributed by atoms with Crippen molar-refractivity contribution in [3.8, 4) is 0 Å². The maximum absolute atomic E-state index is 10.8. The molecule has 0 rings (SSSR count). The molecule has 0 saturated heterocycles. The van der Waals surface area contributed by atoms with Crippen LogP contribution in [-0.4, -0.2) is 30.3 Å². The SMILES string of the molecule is C=C(C)C(=O)OCC(O)CCN.Cl. The fourth-order valence-corrected chi connectivity index (χ4v) is 0.571. The summed E-state index contributed by atoms with van der Waals surface area (Å²) in [6, 6.07) is 0. The number of ether oxygens (including phenoxy) is 1. The molecule has 3 N–H and O–H groups in total. The van der Waals surface area contributed by atoms with Crippen molar-refractivity contribution in [1.29, 1.82) is 0 Å². The molecular formula is C8H16ClNO3. The van der Waals surface area contributed by atoms with Crippen LogP contribution >= 0.6 is 12.4 Å². The number of carbonyl (C=O) groups excluding carboxylic acids is 1. The van der Waals surface area contributed by atoms with Crippen LogP contribution in [0.4, 0.5) is 0 Å². The van der Waals surface area contributed by atoms with E-state index < -0.39 is 12.1 Å². The molecule has 0 saturated carbocycles. The number of aliphatic hydroxyl groups excluding tert-OH is 1. The first-order valence-electron chi connectivity index (χ1n) is 3.78. The molecule has 0 aliphatic heterocycles. The van der Waals surface area contributed by atoms with E-state index in [1.807, 2.05) is 0 Å². The van der Waals surface area contributed by atoms with Gasteiger partial charge < -0.3 is 15.6 Å². The summed E-state index contributed by atoms with van der Waals surface area (Å²) in [6.45, 7) is 5.32. The molecule has 0 radical (unpaired) electrons. The van der Waals surface area contributed by atoms with Crippen molar-refractivity contribution in [2.24, 2.45) is 5.73 Å². The molecular weight excluding hydrogens is 194 g/mol. The Morgan fingerprint density at radius 1 is 1.69 bits per heavy atom. The van der Waals surface area contributed by atoms with Crippen LogP contribution in [0.5, 0.6) is 0 Å². The van der Waals surface area contributed by atoms with E-state index in [9.17, 15) is 4.79 Å². The van der Waals surface area contributed by atoms with Crippen molar-refractivity contribution in [1.82, 2.24) is 0 Å². The second-order valence-corrected chi connectivity index (χ2v) is 2.61. The van der Waals surface area contributed by atoms with E-state index in [0.29, 0.717) is 18.5 Å². The van der Waals surface area contributed by atoms with E-state index in [1.54, 1.807) is 6.92 Å². The van der Waals surface area contributed by atoms with Gasteiger partial charge in [0.05, 0.1) is 6.10 Å². The van der Waals surface area contributed by atoms with Gasteiger partial charge >= 0.3 is 5.97 Å². The van der Waals surface area contributed by atoms with Gasteiger partial charge in [0.1, 0.15) is 6.61 Å². The maximum atomic E-state index is 10.8. The van der Waals surface area contributed by atoms with Crippen LogP contribution in [0, 0.1) is 0 Å². The Kier molecular flexibility index (Phi) is 9.22. The maximum Gasteiger partial charge on any atom is 0.333 e. The molecule has 0 fully saturated rings. The van der Waals surface area contributed by atoms with E-state index in [4.69, 9.17) is 10.8 Å². The van der Waals surface area contributed by atoms with Gasteiger partial charge in [-0.1, -0.05) is 6.58 Å². The van der Waals surface area contributed by atoms with Gasteiger partial charge in [0.2, 0.25) is 0 Å². The van der Waals surface area contributed by atoms with Crippen LogP contribution in [0.2, 0.25) is 0 Å². The molecule has 4 nitrogen and oxygen atoms in total. The molecule has 0 spiro atoms. The molecule has 0 aromatic rings. The predicted molar refractivity (Wildman–Crippen MR) is 52.7 cm³/mol. The molecule has 5 heteroatoms. The summed E-state index contributed by atoms with van der Waals surface area (Å²) >= 11 is 0. The fourth-order valence-electron chi connectivity index (χ4n) is 0.571. The Morgan fingerprint density at radius 3 is 2.62 bits per heavy atom. The van der Waals surface area contributed by atoms with E-state index in [0.717, 1.165) is 0 Å². The van der Waals surface area contributed by atoms with Crippen molar-refractivity contribution < 1.29 is 14.6 Å². The summed E-state index contributed by atoms with van der Waals surface area (Å²) in [5.74, 6) is -0.480. The minimum Gasteiger partial charge on any atom is -0.460 e. The zero-order valence-corrected chi connectivity index (χ0v) is 8.47. The third kappa shape index (κ3) is 7.77. The van der Waals surface area contributed by atoms with Gasteiger partial charge in [0.25, 0.3) is 0 Å². The van der Waals surface area contributed by atoms with Crippen LogP contribution in [0.1, 0.15) is 13.3 Å². The Bertz CT molecular complexity index is 173. The Hall–Kier alpha value is -0.580. The number of aliphatic hydroxyl groups is 1. The van der Waals surface area contributed by atoms with Gasteiger partial charge in [0, 0.05) is 5.57 Å². The highest BCUT2D eigenvalue weighted by molar-refractivity contribution is 5.86. The van der Waals surface area contributed by atoms with Crippen molar-refractivity contribution >= 4 is 18.4 Å². The van der Waals surface area contributed by atoms with Crippen molar-refractivity contribution in [2.75, 3.05) is 13.2 Å². The molecule has 0 aromatic carbocycles. The smallest absolute Gasteiger partial charge is 0.333 e. The standard InChI is InChI=1S/C8H15NO3.ClH/c1-6(2)8(11)12-5-7(10)3-4-9;/h7,10H,1,3-5,9H2,2H3;1H. The van der Waals surface area contributed by atoms with Gasteiger partial charge in [0.15, 0.2) is 0 Å². The summed E-state index contributed by atoms with van der Waals surface area (Å²) in [5.41, 5.74) is 5.51. The third-order valence-corrected chi connectivity index (χ3v) is 1.26. The largest absolute Gasteiger partial charge is 0.460 e. The van der Waals surface area contributed by atoms with Gasteiger partial charge in [-0.05, 0) is 19.9 Å². The molecule has 0 aliphatic carbocycles. The zero-order valence-electron chi connectivity index (χ0n) is 7.66. The molecule has 1 unspecified atom stereocenters. The van der Waals surface area contributed by atoms with Gasteiger partial charge in [-0.2, -0.15) is 0 Å². The summed E-state index contributed by atoms with van der Waals surface area (Å²) in [4.78, 5) is 10.8. The van der Waals surface area contributed by atoms with Gasteiger partial charge in [-0.25, -0.2) is 4.79 Å². The second kappa shape index (κ2) is 8.04. The van der Waals surface area contributed by atoms with Crippen LogP contribution in [-0.2, 0) is 9.53 Å². The van der Waals surface area contributed by atoms with Crippen molar-refractivity contribution in [3.63, 3.8) is 0 Å². The second-order valence-electron chi connectivity index (χ2n) is 2.61. The topological polar surface area (TPSA) is 72.5 Å². The van der Waals surface area contributed by atoms with E-state index in [-0.39, 0.29) is 19.0 Å². The number of halogens is 1. The highest BCUT2D eigenvalue weighted by atomic mass is 35.5. The van der Waals surface area contributed by atoms with Crippen LogP contribution < -0.4 is 5.73 Å². The lowest BCUT2D eigenvalue weighted by atomic mass is 10.3. The summed E-state index contributed by atoms with van der Waals surface area (Å²) in [7, 11) is 0. The highest BCUT2D eigenvalue weighted by Gasteiger charge is 2.07. The van der Waals surface area contributed by atoms with E-state index >= 15 is 0 Å². The minimum absolute atomic E-state index is 0. The Morgan fingerprint density at radius 2 is 2.23 bits per heavy atom. The normalized spacial score (nSPS) is 11.3. The first-order chi connectivity index (χ1) is 5.57. The minimum atomic E-state index is -0.668. The number of carbonyl (C=O) groups is 1. The summed E-state index contributed by atoms with van der Waals surface area (Å²) < 4.78 is 4.67. The first kappa shape index (κ1) is 14.9. The number of nitrogens with two attached hydrogens (primary N) is 1. The molecule has 1 atom stereocenters. The first-order valence-corrected chi connectivity index (χ1v) is 3.78. The molecule has 0 amide bonds. The lowest BCUT2D eigenvalue weighted by Gasteiger charge is -2.09. The highest BCUT2D eigenvalue weighted by Crippen LogP contribution is 1.95. The molecule has 0 aliphatic rings. The Labute approximate surface area is 84.2 Å². The molecule has 78 valence electrons.